The van der Waals surface area contributed by atoms with Crippen molar-refractivity contribution in [2.75, 3.05) is 6.61 Å². The molecule has 0 rings (SSSR count). The first-order valence-electron chi connectivity index (χ1n) is 7.04. The Morgan fingerprint density at radius 3 is 2.28 bits per heavy atom. The van der Waals surface area contributed by atoms with Crippen LogP contribution in [0.4, 0.5) is 0 Å². The lowest BCUT2D eigenvalue weighted by Gasteiger charge is -2.29. The molecule has 0 aliphatic carbocycles. The number of nitrogens with one attached hydrogen (secondary N) is 1. The summed E-state index contributed by atoms with van der Waals surface area (Å²) < 4.78 is 0. The minimum Gasteiger partial charge on any atom is -0.394 e. The smallest absolute Gasteiger partial charge is 0.246 e. The molecule has 0 aliphatic heterocycles. The molecule has 0 radical (unpaired) electrons. The Balaban J connectivity index is 3.93. The maximum absolute atomic E-state index is 11.6. The predicted molar refractivity (Wildman–Crippen MR) is 76.4 cm³/mol. The van der Waals surface area contributed by atoms with Gasteiger partial charge >= 0.3 is 0 Å². The summed E-state index contributed by atoms with van der Waals surface area (Å²) in [5, 5.41) is 12.3. The zero-order valence-electron chi connectivity index (χ0n) is 12.2. The third-order valence-corrected chi connectivity index (χ3v) is 3.23. The van der Waals surface area contributed by atoms with Crippen molar-refractivity contribution in [3.05, 3.63) is 12.2 Å². The van der Waals surface area contributed by atoms with Crippen LogP contribution in [-0.4, -0.2) is 23.2 Å². The maximum atomic E-state index is 11.6. The van der Waals surface area contributed by atoms with Crippen LogP contribution < -0.4 is 5.32 Å². The number of carbonyl (C=O) groups excluding carboxylic acids is 1. The molecule has 18 heavy (non-hydrogen) atoms. The van der Waals surface area contributed by atoms with E-state index in [4.69, 9.17) is 0 Å². The molecule has 0 saturated heterocycles. The van der Waals surface area contributed by atoms with E-state index in [9.17, 15) is 9.90 Å². The van der Waals surface area contributed by atoms with Gasteiger partial charge in [0.15, 0.2) is 0 Å². The van der Waals surface area contributed by atoms with Gasteiger partial charge in [0, 0.05) is 5.57 Å². The fraction of sp³-hybridized carbons (Fsp3) is 0.800. The van der Waals surface area contributed by atoms with Crippen LogP contribution in [0.3, 0.4) is 0 Å². The van der Waals surface area contributed by atoms with Gasteiger partial charge in [0.05, 0.1) is 12.1 Å². The topological polar surface area (TPSA) is 49.3 Å². The minimum atomic E-state index is -0.513. The van der Waals surface area contributed by atoms with E-state index in [2.05, 4.69) is 18.8 Å². The highest BCUT2D eigenvalue weighted by Gasteiger charge is 2.24. The van der Waals surface area contributed by atoms with Gasteiger partial charge in [-0.1, -0.05) is 52.0 Å². The Labute approximate surface area is 112 Å². The number of aliphatic hydroxyl groups is 1. The second kappa shape index (κ2) is 9.15. The molecule has 0 aromatic carbocycles. The molecule has 0 heterocycles. The third-order valence-electron chi connectivity index (χ3n) is 3.23. The van der Waals surface area contributed by atoms with Gasteiger partial charge in [-0.2, -0.15) is 0 Å². The molecule has 0 spiro atoms. The molecule has 0 aromatic rings. The highest BCUT2D eigenvalue weighted by atomic mass is 16.3. The Hall–Kier alpha value is -0.830. The van der Waals surface area contributed by atoms with Crippen molar-refractivity contribution in [2.45, 2.75) is 71.3 Å². The molecular formula is C15H29NO2. The van der Waals surface area contributed by atoms with Crippen LogP contribution in [0.25, 0.3) is 0 Å². The van der Waals surface area contributed by atoms with Gasteiger partial charge in [-0.25, -0.2) is 0 Å². The Bertz CT molecular complexity index is 263. The lowest BCUT2D eigenvalue weighted by atomic mass is 9.94. The Kier molecular flexibility index (Phi) is 8.73. The summed E-state index contributed by atoms with van der Waals surface area (Å²) in [6, 6.07) is 0. The van der Waals surface area contributed by atoms with Crippen LogP contribution in [0.15, 0.2) is 12.2 Å². The lowest BCUT2D eigenvalue weighted by Crippen LogP contribution is -2.49. The fourth-order valence-corrected chi connectivity index (χ4v) is 1.86. The monoisotopic (exact) mass is 255 g/mol. The highest BCUT2D eigenvalue weighted by Crippen LogP contribution is 2.16. The van der Waals surface area contributed by atoms with E-state index < -0.39 is 5.54 Å². The average molecular weight is 255 g/mol. The standard InChI is InChI=1S/C15H29NO2/c1-5-6-7-8-9-10-11-15(4,12-17)16-14(18)13(2)3/h17H,2,5-12H2,1,3-4H3,(H,16,18). The maximum Gasteiger partial charge on any atom is 0.246 e. The van der Waals surface area contributed by atoms with Crippen LogP contribution in [0.5, 0.6) is 0 Å². The van der Waals surface area contributed by atoms with Crippen LogP contribution >= 0.6 is 0 Å². The SMILES string of the molecule is C=C(C)C(=O)NC(C)(CO)CCCCCCCC. The molecule has 0 aliphatic rings. The fourth-order valence-electron chi connectivity index (χ4n) is 1.86. The molecule has 0 fully saturated rings. The van der Waals surface area contributed by atoms with Gasteiger partial charge in [-0.05, 0) is 20.3 Å². The molecule has 1 atom stereocenters. The predicted octanol–water partition coefficient (Wildman–Crippen LogP) is 3.18. The molecule has 3 heteroatoms. The minimum absolute atomic E-state index is 0.0268. The summed E-state index contributed by atoms with van der Waals surface area (Å²) >= 11 is 0. The Morgan fingerprint density at radius 1 is 1.22 bits per heavy atom. The first-order valence-corrected chi connectivity index (χ1v) is 7.04. The normalized spacial score (nSPS) is 14.0. The van der Waals surface area contributed by atoms with Crippen molar-refractivity contribution in [3.8, 4) is 0 Å². The lowest BCUT2D eigenvalue weighted by molar-refractivity contribution is -0.119. The van der Waals surface area contributed by atoms with Gasteiger partial charge in [-0.15, -0.1) is 0 Å². The molecule has 3 nitrogen and oxygen atoms in total. The Morgan fingerprint density at radius 2 is 1.78 bits per heavy atom. The first-order chi connectivity index (χ1) is 8.45. The number of aliphatic hydroxyl groups excluding tert-OH is 1. The summed E-state index contributed by atoms with van der Waals surface area (Å²) in [5.74, 6) is -0.169. The number of hydrogen-bond acceptors (Lipinski definition) is 2. The van der Waals surface area contributed by atoms with Crippen LogP contribution in [0, 0.1) is 0 Å². The van der Waals surface area contributed by atoms with Gasteiger partial charge < -0.3 is 10.4 Å². The number of hydrogen-bond donors (Lipinski definition) is 2. The number of rotatable bonds is 10. The quantitative estimate of drug-likeness (QED) is 0.465. The summed E-state index contributed by atoms with van der Waals surface area (Å²) in [6.45, 7) is 9.35. The van der Waals surface area contributed by atoms with E-state index in [0.29, 0.717) is 5.57 Å². The van der Waals surface area contributed by atoms with Crippen molar-refractivity contribution < 1.29 is 9.90 Å². The van der Waals surface area contributed by atoms with E-state index in [0.717, 1.165) is 12.8 Å². The van der Waals surface area contributed by atoms with Gasteiger partial charge in [0.25, 0.3) is 0 Å². The summed E-state index contributed by atoms with van der Waals surface area (Å²) in [5.41, 5.74) is -0.0292. The molecule has 106 valence electrons. The van der Waals surface area contributed by atoms with Gasteiger partial charge in [0.2, 0.25) is 5.91 Å². The van der Waals surface area contributed by atoms with E-state index in [1.807, 2.05) is 6.92 Å². The molecule has 1 amide bonds. The van der Waals surface area contributed by atoms with Crippen molar-refractivity contribution in [1.82, 2.24) is 5.32 Å². The van der Waals surface area contributed by atoms with E-state index in [1.165, 1.54) is 32.1 Å². The molecule has 0 saturated carbocycles. The largest absolute Gasteiger partial charge is 0.394 e. The summed E-state index contributed by atoms with van der Waals surface area (Å²) in [6.07, 6.45) is 8.09. The van der Waals surface area contributed by atoms with Crippen molar-refractivity contribution >= 4 is 5.91 Å². The first kappa shape index (κ1) is 17.2. The third kappa shape index (κ3) is 7.49. The van der Waals surface area contributed by atoms with Crippen LogP contribution in [0.2, 0.25) is 0 Å². The van der Waals surface area contributed by atoms with Crippen molar-refractivity contribution in [2.24, 2.45) is 0 Å². The van der Waals surface area contributed by atoms with Crippen LogP contribution in [0.1, 0.15) is 65.7 Å². The van der Waals surface area contributed by atoms with E-state index >= 15 is 0 Å². The van der Waals surface area contributed by atoms with Gasteiger partial charge in [-0.3, -0.25) is 4.79 Å². The second-order valence-corrected chi connectivity index (χ2v) is 5.47. The second-order valence-electron chi connectivity index (χ2n) is 5.47. The number of amides is 1. The van der Waals surface area contributed by atoms with E-state index in [1.54, 1.807) is 6.92 Å². The molecule has 1 unspecified atom stereocenters. The summed E-state index contributed by atoms with van der Waals surface area (Å²) in [7, 11) is 0. The molecule has 2 N–H and O–H groups in total. The zero-order valence-corrected chi connectivity index (χ0v) is 12.2. The average Bonchev–Trinajstić information content (AvgIpc) is 2.33. The van der Waals surface area contributed by atoms with Crippen molar-refractivity contribution in [1.29, 1.82) is 0 Å². The van der Waals surface area contributed by atoms with Gasteiger partial charge in [0.1, 0.15) is 0 Å². The van der Waals surface area contributed by atoms with Crippen molar-refractivity contribution in [3.63, 3.8) is 0 Å². The molecule has 0 bridgehead atoms. The molecule has 0 aromatic heterocycles. The van der Waals surface area contributed by atoms with E-state index in [-0.39, 0.29) is 12.5 Å². The van der Waals surface area contributed by atoms with Crippen LogP contribution in [-0.2, 0) is 4.79 Å². The summed E-state index contributed by atoms with van der Waals surface area (Å²) in [4.78, 5) is 11.6. The number of carbonyl (C=O) groups is 1. The highest BCUT2D eigenvalue weighted by molar-refractivity contribution is 5.92. The zero-order chi connectivity index (χ0) is 14.0. The number of unbranched alkanes of at least 4 members (excludes halogenated alkanes) is 5. The molecular weight excluding hydrogens is 226 g/mol.